The van der Waals surface area contributed by atoms with Crippen molar-refractivity contribution < 1.29 is 9.59 Å². The van der Waals surface area contributed by atoms with Crippen molar-refractivity contribution in [3.8, 4) is 11.8 Å². The highest BCUT2D eigenvalue weighted by atomic mass is 16.2. The fraction of sp³-hybridized carbons (Fsp3) is 0.333. The first-order chi connectivity index (χ1) is 9.49. The van der Waals surface area contributed by atoms with Crippen LogP contribution in [0.1, 0.15) is 28.4 Å². The van der Waals surface area contributed by atoms with Crippen LogP contribution in [0.15, 0.2) is 18.2 Å². The van der Waals surface area contributed by atoms with Crippen LogP contribution in [0, 0.1) is 18.8 Å². The van der Waals surface area contributed by atoms with Gasteiger partial charge in [0, 0.05) is 12.1 Å². The maximum Gasteiger partial charge on any atom is 0.255 e. The lowest BCUT2D eigenvalue weighted by Gasteiger charge is -2.20. The predicted octanol–water partition coefficient (Wildman–Crippen LogP) is 0.253. The fourth-order valence-corrected chi connectivity index (χ4v) is 1.78. The Morgan fingerprint density at radius 3 is 2.60 bits per heavy atom. The summed E-state index contributed by atoms with van der Waals surface area (Å²) >= 11 is 0. The molecule has 0 heterocycles. The van der Waals surface area contributed by atoms with Crippen LogP contribution in [0.3, 0.4) is 0 Å². The number of aryl methyl sites for hydroxylation is 1. The molecule has 0 aliphatic carbocycles. The lowest BCUT2D eigenvalue weighted by molar-refractivity contribution is -0.118. The Labute approximate surface area is 118 Å². The predicted molar refractivity (Wildman–Crippen MR) is 77.9 cm³/mol. The molecule has 0 aliphatic rings. The Bertz CT molecular complexity index is 570. The van der Waals surface area contributed by atoms with Crippen LogP contribution < -0.4 is 11.5 Å². The molecular formula is C15H19N3O2. The highest BCUT2D eigenvalue weighted by Crippen LogP contribution is 2.13. The van der Waals surface area contributed by atoms with Crippen LogP contribution in [0.2, 0.25) is 0 Å². The first-order valence-corrected chi connectivity index (χ1v) is 6.36. The summed E-state index contributed by atoms with van der Waals surface area (Å²) in [7, 11) is 0. The Morgan fingerprint density at radius 2 is 2.05 bits per heavy atom. The molecule has 0 atom stereocenters. The molecule has 2 amide bonds. The summed E-state index contributed by atoms with van der Waals surface area (Å²) in [5, 5.41) is 0. The van der Waals surface area contributed by atoms with Gasteiger partial charge in [0.25, 0.3) is 5.91 Å². The number of primary amides is 1. The van der Waals surface area contributed by atoms with Crippen molar-refractivity contribution in [3.05, 3.63) is 34.9 Å². The normalized spacial score (nSPS) is 9.55. The average molecular weight is 273 g/mol. The van der Waals surface area contributed by atoms with Crippen LogP contribution in [0.5, 0.6) is 0 Å². The Balaban J connectivity index is 3.18. The van der Waals surface area contributed by atoms with Gasteiger partial charge in [-0.2, -0.15) is 0 Å². The second-order valence-corrected chi connectivity index (χ2v) is 4.34. The number of carbonyl (C=O) groups excluding carboxylic acids is 2. The van der Waals surface area contributed by atoms with E-state index >= 15 is 0 Å². The molecule has 0 bridgehead atoms. The molecule has 4 N–H and O–H groups in total. The molecule has 0 aromatic heterocycles. The van der Waals surface area contributed by atoms with Gasteiger partial charge in [0.1, 0.15) is 0 Å². The molecule has 0 unspecified atom stereocenters. The maximum absolute atomic E-state index is 12.5. The van der Waals surface area contributed by atoms with Crippen LogP contribution in [-0.2, 0) is 4.79 Å². The molecule has 0 fully saturated rings. The number of amides is 2. The monoisotopic (exact) mass is 273 g/mol. The summed E-state index contributed by atoms with van der Waals surface area (Å²) in [6.07, 6.45) is 0. The van der Waals surface area contributed by atoms with Gasteiger partial charge in [-0.25, -0.2) is 0 Å². The number of hydrogen-bond donors (Lipinski definition) is 2. The number of likely N-dealkylation sites (N-methyl/N-ethyl adjacent to an activating group) is 1. The molecule has 1 aromatic carbocycles. The first kappa shape index (κ1) is 15.7. The zero-order valence-electron chi connectivity index (χ0n) is 11.8. The van der Waals surface area contributed by atoms with Crippen molar-refractivity contribution in [1.82, 2.24) is 4.90 Å². The summed E-state index contributed by atoms with van der Waals surface area (Å²) in [5.74, 6) is 4.81. The first-order valence-electron chi connectivity index (χ1n) is 6.36. The standard InChI is InChI=1S/C15H19N3O2/c1-3-18(10-14(17)19)15(20)13-9-11(2)6-7-12(13)5-4-8-16/h6-7,9H,3,8,10,16H2,1-2H3,(H2,17,19). The SMILES string of the molecule is CCN(CC(N)=O)C(=O)c1cc(C)ccc1C#CCN. The second-order valence-electron chi connectivity index (χ2n) is 4.34. The molecule has 106 valence electrons. The molecule has 20 heavy (non-hydrogen) atoms. The molecule has 1 rings (SSSR count). The van der Waals surface area contributed by atoms with Crippen LogP contribution in [0.4, 0.5) is 0 Å². The van der Waals surface area contributed by atoms with Gasteiger partial charge in [0.05, 0.1) is 18.7 Å². The molecule has 5 nitrogen and oxygen atoms in total. The smallest absolute Gasteiger partial charge is 0.255 e. The van der Waals surface area contributed by atoms with Crippen molar-refractivity contribution >= 4 is 11.8 Å². The van der Waals surface area contributed by atoms with Gasteiger partial charge in [0.2, 0.25) is 5.91 Å². The molecule has 0 spiro atoms. The van der Waals surface area contributed by atoms with Gasteiger partial charge in [-0.3, -0.25) is 9.59 Å². The molecule has 0 saturated carbocycles. The van der Waals surface area contributed by atoms with E-state index in [9.17, 15) is 9.59 Å². The van der Waals surface area contributed by atoms with Crippen molar-refractivity contribution in [2.45, 2.75) is 13.8 Å². The van der Waals surface area contributed by atoms with E-state index in [-0.39, 0.29) is 19.0 Å². The van der Waals surface area contributed by atoms with Crippen molar-refractivity contribution in [2.24, 2.45) is 11.5 Å². The highest BCUT2D eigenvalue weighted by molar-refractivity contribution is 5.98. The molecule has 5 heteroatoms. The minimum atomic E-state index is -0.539. The van der Waals surface area contributed by atoms with E-state index in [2.05, 4.69) is 11.8 Å². The number of benzene rings is 1. The van der Waals surface area contributed by atoms with E-state index < -0.39 is 5.91 Å². The van der Waals surface area contributed by atoms with Gasteiger partial charge >= 0.3 is 0 Å². The molecule has 1 aromatic rings. The van der Waals surface area contributed by atoms with Crippen molar-refractivity contribution in [3.63, 3.8) is 0 Å². The van der Waals surface area contributed by atoms with Crippen LogP contribution >= 0.6 is 0 Å². The van der Waals surface area contributed by atoms with E-state index in [0.29, 0.717) is 17.7 Å². The van der Waals surface area contributed by atoms with Crippen LogP contribution in [-0.4, -0.2) is 36.3 Å². The minimum Gasteiger partial charge on any atom is -0.368 e. The summed E-state index contributed by atoms with van der Waals surface area (Å²) in [4.78, 5) is 24.9. The topological polar surface area (TPSA) is 89.4 Å². The van der Waals surface area contributed by atoms with Gasteiger partial charge in [-0.1, -0.05) is 23.5 Å². The Hall–Kier alpha value is -2.32. The Kier molecular flexibility index (Phi) is 5.75. The molecule has 0 saturated heterocycles. The number of hydrogen-bond acceptors (Lipinski definition) is 3. The Morgan fingerprint density at radius 1 is 1.35 bits per heavy atom. The minimum absolute atomic E-state index is 0.104. The summed E-state index contributed by atoms with van der Waals surface area (Å²) in [6, 6.07) is 5.41. The molecule has 0 aliphatic heterocycles. The maximum atomic E-state index is 12.5. The van der Waals surface area contributed by atoms with Gasteiger partial charge in [-0.15, -0.1) is 0 Å². The third-order valence-corrected chi connectivity index (χ3v) is 2.75. The molecular weight excluding hydrogens is 254 g/mol. The van der Waals surface area contributed by atoms with E-state index in [1.807, 2.05) is 13.0 Å². The van der Waals surface area contributed by atoms with Gasteiger partial charge in [0.15, 0.2) is 0 Å². The van der Waals surface area contributed by atoms with Crippen molar-refractivity contribution in [1.29, 1.82) is 0 Å². The molecule has 0 radical (unpaired) electrons. The average Bonchev–Trinajstić information content (AvgIpc) is 2.42. The zero-order valence-corrected chi connectivity index (χ0v) is 11.8. The quantitative estimate of drug-likeness (QED) is 0.771. The fourth-order valence-electron chi connectivity index (χ4n) is 1.78. The third-order valence-electron chi connectivity index (χ3n) is 2.75. The number of rotatable bonds is 4. The summed E-state index contributed by atoms with van der Waals surface area (Å²) in [6.45, 7) is 4.20. The number of nitrogens with two attached hydrogens (primary N) is 2. The van der Waals surface area contributed by atoms with Crippen LogP contribution in [0.25, 0.3) is 0 Å². The summed E-state index contributed by atoms with van der Waals surface area (Å²) in [5.41, 5.74) is 12.5. The second kappa shape index (κ2) is 7.31. The van der Waals surface area contributed by atoms with E-state index in [1.54, 1.807) is 19.1 Å². The van der Waals surface area contributed by atoms with Gasteiger partial charge in [-0.05, 0) is 26.0 Å². The lowest BCUT2D eigenvalue weighted by atomic mass is 10.0. The lowest BCUT2D eigenvalue weighted by Crippen LogP contribution is -2.38. The highest BCUT2D eigenvalue weighted by Gasteiger charge is 2.18. The number of carbonyl (C=O) groups is 2. The van der Waals surface area contributed by atoms with Gasteiger partial charge < -0.3 is 16.4 Å². The summed E-state index contributed by atoms with van der Waals surface area (Å²) < 4.78 is 0. The zero-order chi connectivity index (χ0) is 15.1. The van der Waals surface area contributed by atoms with E-state index in [1.165, 1.54) is 4.90 Å². The number of nitrogens with zero attached hydrogens (tertiary/aromatic N) is 1. The third kappa shape index (κ3) is 4.11. The largest absolute Gasteiger partial charge is 0.368 e. The van der Waals surface area contributed by atoms with Crippen molar-refractivity contribution in [2.75, 3.05) is 19.6 Å². The van der Waals surface area contributed by atoms with E-state index in [0.717, 1.165) is 5.56 Å². The van der Waals surface area contributed by atoms with E-state index in [4.69, 9.17) is 11.5 Å².